The van der Waals surface area contributed by atoms with Crippen LogP contribution in [-0.2, 0) is 11.3 Å². The summed E-state index contributed by atoms with van der Waals surface area (Å²) in [6, 6.07) is 5.79. The molecule has 1 fully saturated rings. The molecule has 1 atom stereocenters. The highest BCUT2D eigenvalue weighted by atomic mass is 32.2. The van der Waals surface area contributed by atoms with Gasteiger partial charge in [-0.1, -0.05) is 6.07 Å². The van der Waals surface area contributed by atoms with Crippen LogP contribution >= 0.6 is 11.8 Å². The number of nitrogens with zero attached hydrogens (tertiary/aromatic N) is 1. The molecule has 6 heteroatoms. The van der Waals surface area contributed by atoms with Crippen molar-refractivity contribution in [1.29, 1.82) is 0 Å². The first kappa shape index (κ1) is 13.6. The van der Waals surface area contributed by atoms with E-state index in [0.717, 1.165) is 28.7 Å². The zero-order valence-electron chi connectivity index (χ0n) is 11.4. The number of fused-ring (bicyclic) bond motifs is 1. The molecule has 0 aliphatic carbocycles. The molecule has 0 saturated carbocycles. The second kappa shape index (κ2) is 5.93. The molecule has 0 radical (unpaired) electrons. The minimum absolute atomic E-state index is 0.0535. The summed E-state index contributed by atoms with van der Waals surface area (Å²) in [6.07, 6.45) is 0. The molecular formula is C14H18N2O3S. The van der Waals surface area contributed by atoms with Crippen LogP contribution in [0.3, 0.4) is 0 Å². The van der Waals surface area contributed by atoms with Gasteiger partial charge in [0.05, 0.1) is 6.04 Å². The van der Waals surface area contributed by atoms with Crippen LogP contribution in [0.15, 0.2) is 18.2 Å². The van der Waals surface area contributed by atoms with E-state index in [1.165, 1.54) is 0 Å². The van der Waals surface area contributed by atoms with Crippen molar-refractivity contribution in [3.63, 3.8) is 0 Å². The third-order valence-electron chi connectivity index (χ3n) is 3.42. The van der Waals surface area contributed by atoms with Crippen molar-refractivity contribution in [2.75, 3.05) is 31.9 Å². The van der Waals surface area contributed by atoms with E-state index < -0.39 is 0 Å². The predicted molar refractivity (Wildman–Crippen MR) is 78.2 cm³/mol. The Kier molecular flexibility index (Phi) is 4.03. The molecule has 3 rings (SSSR count). The summed E-state index contributed by atoms with van der Waals surface area (Å²) in [5.41, 5.74) is 1.05. The molecule has 0 bridgehead atoms. The van der Waals surface area contributed by atoms with Crippen molar-refractivity contribution in [3.8, 4) is 11.5 Å². The highest BCUT2D eigenvalue weighted by molar-refractivity contribution is 7.99. The summed E-state index contributed by atoms with van der Waals surface area (Å²) in [7, 11) is 1.84. The van der Waals surface area contributed by atoms with Crippen LogP contribution in [0, 0.1) is 0 Å². The topological polar surface area (TPSA) is 50.8 Å². The number of thioether (sulfide) groups is 1. The van der Waals surface area contributed by atoms with Crippen LogP contribution in [0.4, 0.5) is 0 Å². The average molecular weight is 294 g/mol. The molecule has 2 aliphatic rings. The molecule has 1 amide bonds. The fraction of sp³-hybridized carbons (Fsp3) is 0.500. The van der Waals surface area contributed by atoms with Crippen LogP contribution in [0.1, 0.15) is 5.56 Å². The molecule has 1 aromatic carbocycles. The summed E-state index contributed by atoms with van der Waals surface area (Å²) >= 11 is 1.76. The van der Waals surface area contributed by atoms with Gasteiger partial charge in [-0.25, -0.2) is 0 Å². The normalized spacial score (nSPS) is 20.8. The summed E-state index contributed by atoms with van der Waals surface area (Å²) in [6.45, 7) is 1.75. The van der Waals surface area contributed by atoms with E-state index in [0.29, 0.717) is 19.8 Å². The Hall–Kier alpha value is -1.40. The SMILES string of the molecule is CN(Cc1ccc2c(c1)OCCO2)C(=O)C1CSCN1. The van der Waals surface area contributed by atoms with Gasteiger partial charge in [0, 0.05) is 25.2 Å². The van der Waals surface area contributed by atoms with Crippen LogP contribution in [-0.4, -0.2) is 48.7 Å². The Morgan fingerprint density at radius 3 is 2.95 bits per heavy atom. The first-order chi connectivity index (χ1) is 9.74. The summed E-state index contributed by atoms with van der Waals surface area (Å²) in [4.78, 5) is 14.0. The fourth-order valence-corrected chi connectivity index (χ4v) is 3.29. The van der Waals surface area contributed by atoms with E-state index in [4.69, 9.17) is 9.47 Å². The van der Waals surface area contributed by atoms with Gasteiger partial charge in [-0.2, -0.15) is 0 Å². The zero-order valence-corrected chi connectivity index (χ0v) is 12.2. The Bertz CT molecular complexity index is 503. The minimum atomic E-state index is -0.0535. The molecule has 1 saturated heterocycles. The Labute approximate surface area is 122 Å². The van der Waals surface area contributed by atoms with Gasteiger partial charge in [0.2, 0.25) is 5.91 Å². The lowest BCUT2D eigenvalue weighted by Gasteiger charge is -2.23. The largest absolute Gasteiger partial charge is 0.486 e. The maximum Gasteiger partial charge on any atom is 0.240 e. The first-order valence-electron chi connectivity index (χ1n) is 6.68. The molecule has 2 aliphatic heterocycles. The summed E-state index contributed by atoms with van der Waals surface area (Å²) in [5, 5.41) is 3.20. The Morgan fingerprint density at radius 1 is 1.40 bits per heavy atom. The monoisotopic (exact) mass is 294 g/mol. The standard InChI is InChI=1S/C14H18N2O3S/c1-16(14(17)11-8-20-9-15-11)7-10-2-3-12-13(6-10)19-5-4-18-12/h2-3,6,11,15H,4-5,7-9H2,1H3. The highest BCUT2D eigenvalue weighted by Gasteiger charge is 2.25. The lowest BCUT2D eigenvalue weighted by Crippen LogP contribution is -2.42. The Morgan fingerprint density at radius 2 is 2.20 bits per heavy atom. The van der Waals surface area contributed by atoms with E-state index in [1.807, 2.05) is 25.2 Å². The second-order valence-electron chi connectivity index (χ2n) is 4.94. The number of nitrogens with one attached hydrogen (secondary N) is 1. The lowest BCUT2D eigenvalue weighted by molar-refractivity contribution is -0.131. The molecule has 20 heavy (non-hydrogen) atoms. The first-order valence-corrected chi connectivity index (χ1v) is 7.84. The van der Waals surface area contributed by atoms with Gasteiger partial charge in [-0.05, 0) is 17.7 Å². The molecule has 5 nitrogen and oxygen atoms in total. The second-order valence-corrected chi connectivity index (χ2v) is 5.97. The van der Waals surface area contributed by atoms with E-state index >= 15 is 0 Å². The lowest BCUT2D eigenvalue weighted by atomic mass is 10.1. The quantitative estimate of drug-likeness (QED) is 0.904. The van der Waals surface area contributed by atoms with Gasteiger partial charge in [0.1, 0.15) is 13.2 Å². The fourth-order valence-electron chi connectivity index (χ4n) is 2.36. The maximum atomic E-state index is 12.2. The van der Waals surface area contributed by atoms with Crippen molar-refractivity contribution in [1.82, 2.24) is 10.2 Å². The minimum Gasteiger partial charge on any atom is -0.486 e. The van der Waals surface area contributed by atoms with Gasteiger partial charge in [-0.3, -0.25) is 10.1 Å². The van der Waals surface area contributed by atoms with E-state index in [2.05, 4.69) is 5.32 Å². The third kappa shape index (κ3) is 2.86. The molecule has 1 N–H and O–H groups in total. The molecule has 108 valence electrons. The smallest absolute Gasteiger partial charge is 0.240 e. The van der Waals surface area contributed by atoms with Crippen LogP contribution in [0.2, 0.25) is 0 Å². The van der Waals surface area contributed by atoms with Gasteiger partial charge in [-0.15, -0.1) is 11.8 Å². The van der Waals surface area contributed by atoms with E-state index in [9.17, 15) is 4.79 Å². The number of carbonyl (C=O) groups is 1. The molecular weight excluding hydrogens is 276 g/mol. The molecule has 0 aromatic heterocycles. The maximum absolute atomic E-state index is 12.2. The molecule has 2 heterocycles. The number of hydrogen-bond donors (Lipinski definition) is 1. The van der Waals surface area contributed by atoms with Crippen molar-refractivity contribution < 1.29 is 14.3 Å². The molecule has 0 spiro atoms. The van der Waals surface area contributed by atoms with Gasteiger partial charge in [0.15, 0.2) is 11.5 Å². The van der Waals surface area contributed by atoms with E-state index in [-0.39, 0.29) is 11.9 Å². The molecule has 1 unspecified atom stereocenters. The highest BCUT2D eigenvalue weighted by Crippen LogP contribution is 2.31. The van der Waals surface area contributed by atoms with E-state index in [1.54, 1.807) is 16.7 Å². The van der Waals surface area contributed by atoms with Crippen molar-refractivity contribution in [3.05, 3.63) is 23.8 Å². The number of benzene rings is 1. The number of ether oxygens (including phenoxy) is 2. The van der Waals surface area contributed by atoms with Crippen molar-refractivity contribution >= 4 is 17.7 Å². The Balaban J connectivity index is 1.66. The van der Waals surface area contributed by atoms with Gasteiger partial charge >= 0.3 is 0 Å². The summed E-state index contributed by atoms with van der Waals surface area (Å²) in [5.74, 6) is 3.40. The van der Waals surface area contributed by atoms with Crippen molar-refractivity contribution in [2.24, 2.45) is 0 Å². The van der Waals surface area contributed by atoms with Crippen LogP contribution in [0.25, 0.3) is 0 Å². The summed E-state index contributed by atoms with van der Waals surface area (Å²) < 4.78 is 11.1. The van der Waals surface area contributed by atoms with Crippen LogP contribution < -0.4 is 14.8 Å². The van der Waals surface area contributed by atoms with Gasteiger partial charge in [0.25, 0.3) is 0 Å². The number of carbonyl (C=O) groups excluding carboxylic acids is 1. The van der Waals surface area contributed by atoms with Crippen LogP contribution in [0.5, 0.6) is 11.5 Å². The predicted octanol–water partition coefficient (Wildman–Crippen LogP) is 1.08. The number of rotatable bonds is 3. The number of amides is 1. The third-order valence-corrected chi connectivity index (χ3v) is 4.36. The zero-order chi connectivity index (χ0) is 13.9. The van der Waals surface area contributed by atoms with Gasteiger partial charge < -0.3 is 14.4 Å². The molecule has 1 aromatic rings. The average Bonchev–Trinajstić information content (AvgIpc) is 3.00. The number of hydrogen-bond acceptors (Lipinski definition) is 5. The van der Waals surface area contributed by atoms with Crippen molar-refractivity contribution in [2.45, 2.75) is 12.6 Å². The number of likely N-dealkylation sites (N-methyl/N-ethyl adjacent to an activating group) is 1.